The van der Waals surface area contributed by atoms with Gasteiger partial charge >= 0.3 is 17.9 Å². The third-order valence-electron chi connectivity index (χ3n) is 5.07. The Morgan fingerprint density at radius 1 is 0.892 bits per heavy atom. The van der Waals surface area contributed by atoms with E-state index in [1.165, 1.54) is 18.2 Å². The van der Waals surface area contributed by atoms with Crippen LogP contribution in [0.3, 0.4) is 0 Å². The van der Waals surface area contributed by atoms with Crippen molar-refractivity contribution in [1.29, 1.82) is 0 Å². The number of carbonyl (C=O) groups excluding carboxylic acids is 3. The van der Waals surface area contributed by atoms with E-state index >= 15 is 0 Å². The second-order valence-electron chi connectivity index (χ2n) is 7.95. The number of hydrogen-bond donors (Lipinski definition) is 0. The van der Waals surface area contributed by atoms with Gasteiger partial charge in [-0.2, -0.15) is 0 Å². The van der Waals surface area contributed by atoms with E-state index in [4.69, 9.17) is 14.2 Å². The number of esters is 3. The molecule has 0 aliphatic carbocycles. The van der Waals surface area contributed by atoms with E-state index in [2.05, 4.69) is 13.2 Å². The first-order valence-corrected chi connectivity index (χ1v) is 11.3. The van der Waals surface area contributed by atoms with Crippen molar-refractivity contribution in [3.63, 3.8) is 0 Å². The normalized spacial score (nSPS) is 10.5. The highest BCUT2D eigenvalue weighted by atomic mass is 19.1. The fraction of sp³-hybridized carbons (Fsp3) is 0.100. The Morgan fingerprint density at radius 2 is 1.54 bits per heavy atom. The van der Waals surface area contributed by atoms with E-state index in [1.807, 2.05) is 0 Å². The van der Waals surface area contributed by atoms with Crippen molar-refractivity contribution >= 4 is 24.0 Å². The molecule has 0 aliphatic rings. The Kier molecular flexibility index (Phi) is 9.27. The Bertz CT molecular complexity index is 1340. The van der Waals surface area contributed by atoms with Gasteiger partial charge in [0.25, 0.3) is 0 Å². The third kappa shape index (κ3) is 8.14. The lowest BCUT2D eigenvalue weighted by Gasteiger charge is -2.07. The summed E-state index contributed by atoms with van der Waals surface area (Å²) in [5, 5.41) is 0. The molecule has 0 atom stereocenters. The van der Waals surface area contributed by atoms with Gasteiger partial charge in [-0.25, -0.2) is 18.8 Å². The maximum atomic E-state index is 14.7. The zero-order chi connectivity index (χ0) is 26.8. The quantitative estimate of drug-likeness (QED) is 0.197. The largest absolute Gasteiger partial charge is 0.462 e. The molecule has 0 aliphatic heterocycles. The van der Waals surface area contributed by atoms with Crippen LogP contribution in [-0.4, -0.2) is 24.5 Å². The molecule has 0 bridgehead atoms. The fourth-order valence-electron chi connectivity index (χ4n) is 3.13. The molecular formula is C30H25FO6. The summed E-state index contributed by atoms with van der Waals surface area (Å²) >= 11 is 0. The van der Waals surface area contributed by atoms with Crippen LogP contribution in [0.4, 0.5) is 4.39 Å². The molecule has 0 amide bonds. The zero-order valence-corrected chi connectivity index (χ0v) is 20.2. The Balaban J connectivity index is 1.56. The second-order valence-corrected chi connectivity index (χ2v) is 7.95. The van der Waals surface area contributed by atoms with Crippen molar-refractivity contribution in [2.45, 2.75) is 13.3 Å². The van der Waals surface area contributed by atoms with Crippen LogP contribution in [-0.2, 0) is 25.5 Å². The van der Waals surface area contributed by atoms with E-state index in [-0.39, 0.29) is 12.2 Å². The molecule has 0 heterocycles. The monoisotopic (exact) mass is 500 g/mol. The van der Waals surface area contributed by atoms with Crippen LogP contribution < -0.4 is 9.47 Å². The first-order chi connectivity index (χ1) is 17.7. The molecule has 0 unspecified atom stereocenters. The van der Waals surface area contributed by atoms with E-state index in [1.54, 1.807) is 67.6 Å². The molecule has 3 aromatic carbocycles. The van der Waals surface area contributed by atoms with Gasteiger partial charge < -0.3 is 14.2 Å². The van der Waals surface area contributed by atoms with E-state index in [0.717, 1.165) is 11.6 Å². The van der Waals surface area contributed by atoms with Crippen molar-refractivity contribution in [3.05, 3.63) is 115 Å². The Morgan fingerprint density at radius 3 is 2.16 bits per heavy atom. The number of benzene rings is 3. The topological polar surface area (TPSA) is 78.9 Å². The van der Waals surface area contributed by atoms with Crippen molar-refractivity contribution in [1.82, 2.24) is 0 Å². The molecule has 0 saturated carbocycles. The van der Waals surface area contributed by atoms with Gasteiger partial charge in [-0.15, -0.1) is 0 Å². The summed E-state index contributed by atoms with van der Waals surface area (Å²) in [7, 11) is 0. The lowest BCUT2D eigenvalue weighted by atomic mass is 10.0. The average Bonchev–Trinajstić information content (AvgIpc) is 2.89. The van der Waals surface area contributed by atoms with Crippen LogP contribution in [0, 0.1) is 5.82 Å². The Hall–Kier alpha value is -4.78. The van der Waals surface area contributed by atoms with Gasteiger partial charge in [0.1, 0.15) is 17.3 Å². The molecule has 0 N–H and O–H groups in total. The average molecular weight is 501 g/mol. The summed E-state index contributed by atoms with van der Waals surface area (Å²) in [6, 6.07) is 17.8. The third-order valence-corrected chi connectivity index (χ3v) is 5.07. The molecule has 7 heteroatoms. The minimum atomic E-state index is -0.614. The standard InChI is InChI=1S/C30H25FO6/c1-4-28(32)35-18-17-21-5-11-24(12-6-21)36-29(33)16-8-22-7-15-26(27(31)19-22)23-9-13-25(14-10-23)37-30(34)20(2)3/h4-16,19H,1-2,17-18H2,3H3/b16-8+. The molecule has 0 radical (unpaired) electrons. The lowest BCUT2D eigenvalue weighted by molar-refractivity contribution is -0.137. The molecule has 6 nitrogen and oxygen atoms in total. The second kappa shape index (κ2) is 12.8. The number of halogens is 1. The van der Waals surface area contributed by atoms with E-state index in [0.29, 0.717) is 34.6 Å². The molecule has 188 valence electrons. The summed E-state index contributed by atoms with van der Waals surface area (Å²) in [4.78, 5) is 34.8. The highest BCUT2D eigenvalue weighted by Crippen LogP contribution is 2.26. The summed E-state index contributed by atoms with van der Waals surface area (Å²) < 4.78 is 30.1. The SMILES string of the molecule is C=CC(=O)OCCc1ccc(OC(=O)/C=C/c2ccc(-c3ccc(OC(=O)C(=C)C)cc3)c(F)c2)cc1. The number of ether oxygens (including phenoxy) is 3. The predicted molar refractivity (Wildman–Crippen MR) is 138 cm³/mol. The molecule has 3 rings (SSSR count). The van der Waals surface area contributed by atoms with Crippen molar-refractivity contribution in [2.24, 2.45) is 0 Å². The molecule has 3 aromatic rings. The van der Waals surface area contributed by atoms with E-state index < -0.39 is 23.7 Å². The first kappa shape index (κ1) is 26.8. The van der Waals surface area contributed by atoms with Crippen LogP contribution >= 0.6 is 0 Å². The molecule has 0 spiro atoms. The summed E-state index contributed by atoms with van der Waals surface area (Å²) in [5.74, 6) is -1.42. The van der Waals surface area contributed by atoms with Gasteiger partial charge in [0.05, 0.1) is 6.61 Å². The highest BCUT2D eigenvalue weighted by molar-refractivity contribution is 5.89. The van der Waals surface area contributed by atoms with Gasteiger partial charge in [0.15, 0.2) is 0 Å². The maximum absolute atomic E-state index is 14.7. The fourth-order valence-corrected chi connectivity index (χ4v) is 3.13. The van der Waals surface area contributed by atoms with Crippen molar-refractivity contribution in [3.8, 4) is 22.6 Å². The van der Waals surface area contributed by atoms with Crippen molar-refractivity contribution in [2.75, 3.05) is 6.61 Å². The van der Waals surface area contributed by atoms with Gasteiger partial charge in [-0.1, -0.05) is 49.6 Å². The molecule has 37 heavy (non-hydrogen) atoms. The lowest BCUT2D eigenvalue weighted by Crippen LogP contribution is -2.07. The Labute approximate surface area is 214 Å². The number of rotatable bonds is 10. The maximum Gasteiger partial charge on any atom is 0.338 e. The van der Waals surface area contributed by atoms with Gasteiger partial charge in [-0.05, 0) is 60.0 Å². The van der Waals surface area contributed by atoms with Crippen LogP contribution in [0.2, 0.25) is 0 Å². The smallest absolute Gasteiger partial charge is 0.338 e. The zero-order valence-electron chi connectivity index (χ0n) is 20.2. The molecule has 0 aromatic heterocycles. The highest BCUT2D eigenvalue weighted by Gasteiger charge is 2.09. The van der Waals surface area contributed by atoms with E-state index in [9.17, 15) is 18.8 Å². The number of hydrogen-bond acceptors (Lipinski definition) is 6. The minimum absolute atomic E-state index is 0.220. The van der Waals surface area contributed by atoms with Crippen LogP contribution in [0.5, 0.6) is 11.5 Å². The summed E-state index contributed by atoms with van der Waals surface area (Å²) in [6.45, 7) is 8.63. The van der Waals surface area contributed by atoms with Crippen LogP contribution in [0.1, 0.15) is 18.1 Å². The van der Waals surface area contributed by atoms with Crippen molar-refractivity contribution < 1.29 is 33.0 Å². The van der Waals surface area contributed by atoms with Gasteiger partial charge in [0.2, 0.25) is 0 Å². The minimum Gasteiger partial charge on any atom is -0.462 e. The summed E-state index contributed by atoms with van der Waals surface area (Å²) in [5.41, 5.74) is 2.63. The first-order valence-electron chi connectivity index (χ1n) is 11.3. The van der Waals surface area contributed by atoms with Crippen LogP contribution in [0.15, 0.2) is 97.6 Å². The van der Waals surface area contributed by atoms with Gasteiger partial charge in [0, 0.05) is 29.7 Å². The number of carbonyl (C=O) groups is 3. The molecule has 0 saturated heterocycles. The predicted octanol–water partition coefficient (Wildman–Crippen LogP) is 5.86. The molecular weight excluding hydrogens is 475 g/mol. The molecule has 0 fully saturated rings. The van der Waals surface area contributed by atoms with Gasteiger partial charge in [-0.3, -0.25) is 0 Å². The summed E-state index contributed by atoms with van der Waals surface area (Å²) in [6.07, 6.45) is 4.28. The van der Waals surface area contributed by atoms with Crippen LogP contribution in [0.25, 0.3) is 17.2 Å².